The zero-order valence-corrected chi connectivity index (χ0v) is 12.5. The van der Waals surface area contributed by atoms with Crippen molar-refractivity contribution in [1.82, 2.24) is 0 Å². The quantitative estimate of drug-likeness (QED) is 0.846. The van der Waals surface area contributed by atoms with E-state index in [0.29, 0.717) is 5.56 Å². The second-order valence-corrected chi connectivity index (χ2v) is 6.13. The van der Waals surface area contributed by atoms with Gasteiger partial charge in [-0.05, 0) is 29.8 Å². The molecule has 0 aliphatic heterocycles. The highest BCUT2D eigenvalue weighted by molar-refractivity contribution is 7.89. The van der Waals surface area contributed by atoms with E-state index in [-0.39, 0.29) is 16.5 Å². The third-order valence-corrected chi connectivity index (χ3v) is 4.06. The maximum atomic E-state index is 12.2. The molecule has 2 aromatic carbocycles. The van der Waals surface area contributed by atoms with Gasteiger partial charge >= 0.3 is 0 Å². The van der Waals surface area contributed by atoms with Crippen molar-refractivity contribution in [3.63, 3.8) is 0 Å². The number of nitrogens with two attached hydrogens (primary N) is 1. The fourth-order valence-corrected chi connectivity index (χ4v) is 2.67. The Morgan fingerprint density at radius 1 is 1.14 bits per heavy atom. The normalized spacial score (nSPS) is 11.1. The minimum atomic E-state index is -3.91. The van der Waals surface area contributed by atoms with Crippen molar-refractivity contribution in [2.45, 2.75) is 10.8 Å². The van der Waals surface area contributed by atoms with E-state index in [1.165, 1.54) is 18.2 Å². The summed E-state index contributed by atoms with van der Waals surface area (Å²) in [5.41, 5.74) is 1.32. The first-order valence-corrected chi connectivity index (χ1v) is 8.08. The first-order valence-electron chi connectivity index (χ1n) is 6.00. The number of primary sulfonamides is 1. The van der Waals surface area contributed by atoms with Crippen molar-refractivity contribution >= 4 is 33.2 Å². The van der Waals surface area contributed by atoms with E-state index >= 15 is 0 Å². The van der Waals surface area contributed by atoms with Crippen molar-refractivity contribution in [1.29, 1.82) is 0 Å². The van der Waals surface area contributed by atoms with Gasteiger partial charge in [0, 0.05) is 11.4 Å². The van der Waals surface area contributed by atoms with E-state index < -0.39 is 15.9 Å². The van der Waals surface area contributed by atoms with E-state index in [2.05, 4.69) is 5.32 Å². The third kappa shape index (κ3) is 3.81. The van der Waals surface area contributed by atoms with Crippen molar-refractivity contribution in [2.75, 3.05) is 5.32 Å². The molecule has 0 spiro atoms. The van der Waals surface area contributed by atoms with E-state index in [9.17, 15) is 13.2 Å². The van der Waals surface area contributed by atoms with Crippen molar-refractivity contribution in [2.24, 2.45) is 5.14 Å². The number of anilines is 1. The molecule has 0 saturated heterocycles. The predicted molar refractivity (Wildman–Crippen MR) is 81.8 cm³/mol. The highest BCUT2D eigenvalue weighted by Gasteiger charge is 2.15. The van der Waals surface area contributed by atoms with Crippen molar-refractivity contribution in [3.05, 3.63) is 59.7 Å². The number of sulfonamides is 1. The van der Waals surface area contributed by atoms with Crippen LogP contribution in [-0.2, 0) is 15.9 Å². The first-order chi connectivity index (χ1) is 9.91. The zero-order valence-electron chi connectivity index (χ0n) is 10.9. The van der Waals surface area contributed by atoms with Gasteiger partial charge in [0.15, 0.2) is 0 Å². The van der Waals surface area contributed by atoms with Gasteiger partial charge in [0.2, 0.25) is 10.0 Å². The monoisotopic (exact) mass is 324 g/mol. The second-order valence-electron chi connectivity index (χ2n) is 4.33. The summed E-state index contributed by atoms with van der Waals surface area (Å²) in [7, 11) is -3.91. The van der Waals surface area contributed by atoms with Crippen LogP contribution in [0.5, 0.6) is 0 Å². The number of halogens is 1. The molecular formula is C14H13ClN2O3S. The van der Waals surface area contributed by atoms with Crippen LogP contribution < -0.4 is 10.5 Å². The number of para-hydroxylation sites is 1. The van der Waals surface area contributed by atoms with Gasteiger partial charge in [-0.25, -0.2) is 13.6 Å². The molecule has 3 N–H and O–H groups in total. The lowest BCUT2D eigenvalue weighted by atomic mass is 10.1. The number of carbonyl (C=O) groups excluding carboxylic acids is 1. The summed E-state index contributed by atoms with van der Waals surface area (Å²) >= 11 is 5.72. The summed E-state index contributed by atoms with van der Waals surface area (Å²) in [4.78, 5) is 12.0. The second kappa shape index (κ2) is 6.26. The molecule has 7 heteroatoms. The SMILES string of the molecule is NS(=O)(=O)c1ccccc1NC(=O)c1cccc(CCl)c1. The highest BCUT2D eigenvalue weighted by Crippen LogP contribution is 2.20. The van der Waals surface area contributed by atoms with Crippen LogP contribution in [0.4, 0.5) is 5.69 Å². The van der Waals surface area contributed by atoms with Gasteiger partial charge in [0.1, 0.15) is 4.90 Å². The molecule has 2 rings (SSSR count). The van der Waals surface area contributed by atoms with Gasteiger partial charge < -0.3 is 5.32 Å². The Kier molecular flexibility index (Phi) is 4.62. The number of carbonyl (C=O) groups is 1. The summed E-state index contributed by atoms with van der Waals surface area (Å²) < 4.78 is 23.0. The molecule has 0 atom stereocenters. The fourth-order valence-electron chi connectivity index (χ4n) is 1.81. The number of alkyl halides is 1. The lowest BCUT2D eigenvalue weighted by Gasteiger charge is -2.10. The molecule has 0 aliphatic rings. The number of rotatable bonds is 4. The van der Waals surface area contributed by atoms with E-state index in [4.69, 9.17) is 16.7 Å². The Balaban J connectivity index is 2.32. The molecule has 1 amide bonds. The van der Waals surface area contributed by atoms with Gasteiger partial charge in [0.05, 0.1) is 5.69 Å². The number of hydrogen-bond donors (Lipinski definition) is 2. The summed E-state index contributed by atoms with van der Waals surface area (Å²) in [6.45, 7) is 0. The Hall–Kier alpha value is -1.89. The maximum Gasteiger partial charge on any atom is 0.255 e. The highest BCUT2D eigenvalue weighted by atomic mass is 35.5. The Morgan fingerprint density at radius 2 is 1.86 bits per heavy atom. The van der Waals surface area contributed by atoms with Crippen molar-refractivity contribution in [3.8, 4) is 0 Å². The molecular weight excluding hydrogens is 312 g/mol. The molecule has 0 unspecified atom stereocenters. The van der Waals surface area contributed by atoms with Crippen LogP contribution in [0, 0.1) is 0 Å². The molecule has 0 saturated carbocycles. The topological polar surface area (TPSA) is 89.3 Å². The molecule has 0 heterocycles. The van der Waals surface area contributed by atoms with Crippen LogP contribution in [-0.4, -0.2) is 14.3 Å². The third-order valence-electron chi connectivity index (χ3n) is 2.79. The van der Waals surface area contributed by atoms with Crippen LogP contribution >= 0.6 is 11.6 Å². The largest absolute Gasteiger partial charge is 0.321 e. The van der Waals surface area contributed by atoms with Gasteiger partial charge in [0.25, 0.3) is 5.91 Å². The Morgan fingerprint density at radius 3 is 2.52 bits per heavy atom. The van der Waals surface area contributed by atoms with Crippen molar-refractivity contribution < 1.29 is 13.2 Å². The zero-order chi connectivity index (χ0) is 15.5. The standard InChI is InChI=1S/C14H13ClN2O3S/c15-9-10-4-3-5-11(8-10)14(18)17-12-6-1-2-7-13(12)21(16,19)20/h1-8H,9H2,(H,17,18)(H2,16,19,20). The molecule has 0 fully saturated rings. The number of benzene rings is 2. The van der Waals surface area contributed by atoms with E-state index in [0.717, 1.165) is 5.56 Å². The molecule has 0 radical (unpaired) electrons. The molecule has 0 bridgehead atoms. The molecule has 0 aliphatic carbocycles. The smallest absolute Gasteiger partial charge is 0.255 e. The van der Waals surface area contributed by atoms with Gasteiger partial charge in [-0.15, -0.1) is 11.6 Å². The minimum absolute atomic E-state index is 0.133. The summed E-state index contributed by atoms with van der Waals surface area (Å²) in [5, 5.41) is 7.66. The lowest BCUT2D eigenvalue weighted by Crippen LogP contribution is -2.18. The van der Waals surface area contributed by atoms with Crippen LogP contribution in [0.2, 0.25) is 0 Å². The van der Waals surface area contributed by atoms with Gasteiger partial charge in [-0.3, -0.25) is 4.79 Å². The van der Waals surface area contributed by atoms with Crippen LogP contribution in [0.25, 0.3) is 0 Å². The van der Waals surface area contributed by atoms with Crippen LogP contribution in [0.1, 0.15) is 15.9 Å². The number of amides is 1. The van der Waals surface area contributed by atoms with Gasteiger partial charge in [-0.1, -0.05) is 24.3 Å². The molecule has 5 nitrogen and oxygen atoms in total. The van der Waals surface area contributed by atoms with Crippen LogP contribution in [0.15, 0.2) is 53.4 Å². The average Bonchev–Trinajstić information content (AvgIpc) is 2.46. The minimum Gasteiger partial charge on any atom is -0.321 e. The summed E-state index contributed by atoms with van der Waals surface area (Å²) in [6, 6.07) is 12.7. The van der Waals surface area contributed by atoms with E-state index in [1.807, 2.05) is 0 Å². The fraction of sp³-hybridized carbons (Fsp3) is 0.0714. The molecule has 2 aromatic rings. The average molecular weight is 325 g/mol. The Labute approximate surface area is 127 Å². The van der Waals surface area contributed by atoms with Gasteiger partial charge in [-0.2, -0.15) is 0 Å². The van der Waals surface area contributed by atoms with Crippen LogP contribution in [0.3, 0.4) is 0 Å². The summed E-state index contributed by atoms with van der Waals surface area (Å²) in [5.74, 6) is -0.146. The predicted octanol–water partition coefficient (Wildman–Crippen LogP) is 2.33. The molecule has 0 aromatic heterocycles. The molecule has 21 heavy (non-hydrogen) atoms. The Bertz CT molecular complexity index is 775. The first kappa shape index (κ1) is 15.5. The summed E-state index contributed by atoms with van der Waals surface area (Å²) in [6.07, 6.45) is 0. The maximum absolute atomic E-state index is 12.2. The molecule has 110 valence electrons. The number of hydrogen-bond acceptors (Lipinski definition) is 3. The van der Waals surface area contributed by atoms with E-state index in [1.54, 1.807) is 30.3 Å². The lowest BCUT2D eigenvalue weighted by molar-refractivity contribution is 0.102. The number of nitrogens with one attached hydrogen (secondary N) is 1.